The third-order valence-electron chi connectivity index (χ3n) is 3.20. The summed E-state index contributed by atoms with van der Waals surface area (Å²) in [5.74, 6) is 0. The largest absolute Gasteiger partial charge is 0.418 e. The van der Waals surface area contributed by atoms with E-state index in [0.717, 1.165) is 11.8 Å². The lowest BCUT2D eigenvalue weighted by Gasteiger charge is -2.11. The fraction of sp³-hybridized carbons (Fsp3) is 0.333. The standard InChI is InChI=1S/C12H11F3N2/c13-12(14,15)10-3-1-2-7-4-9-5-8(16)6-17(9)11(7)10/h1-4,8H,5-6,16H2. The van der Waals surface area contributed by atoms with Crippen molar-refractivity contribution < 1.29 is 13.2 Å². The second-order valence-corrected chi connectivity index (χ2v) is 4.45. The third kappa shape index (κ3) is 1.53. The molecule has 2 heterocycles. The van der Waals surface area contributed by atoms with E-state index in [1.807, 2.05) is 0 Å². The van der Waals surface area contributed by atoms with Crippen LogP contribution in [0, 0.1) is 0 Å². The van der Waals surface area contributed by atoms with Gasteiger partial charge in [-0.05, 0) is 12.1 Å². The quantitative estimate of drug-likeness (QED) is 0.753. The van der Waals surface area contributed by atoms with Crippen molar-refractivity contribution in [3.05, 3.63) is 35.5 Å². The van der Waals surface area contributed by atoms with Gasteiger partial charge in [0.15, 0.2) is 0 Å². The lowest BCUT2D eigenvalue weighted by molar-refractivity contribution is -0.136. The Kier molecular flexibility index (Phi) is 2.04. The van der Waals surface area contributed by atoms with E-state index in [-0.39, 0.29) is 11.6 Å². The van der Waals surface area contributed by atoms with Gasteiger partial charge < -0.3 is 10.3 Å². The summed E-state index contributed by atoms with van der Waals surface area (Å²) in [4.78, 5) is 0. The van der Waals surface area contributed by atoms with Crippen molar-refractivity contribution in [2.45, 2.75) is 25.2 Å². The Morgan fingerprint density at radius 3 is 2.76 bits per heavy atom. The molecule has 1 aromatic heterocycles. The van der Waals surface area contributed by atoms with Gasteiger partial charge in [0.1, 0.15) is 0 Å². The van der Waals surface area contributed by atoms with Crippen molar-refractivity contribution in [2.24, 2.45) is 5.73 Å². The fourth-order valence-electron chi connectivity index (χ4n) is 2.55. The second-order valence-electron chi connectivity index (χ2n) is 4.45. The van der Waals surface area contributed by atoms with Gasteiger partial charge in [-0.3, -0.25) is 0 Å². The first-order chi connectivity index (χ1) is 7.97. The molecular formula is C12H11F3N2. The molecule has 0 amide bonds. The van der Waals surface area contributed by atoms with E-state index in [2.05, 4.69) is 0 Å². The van der Waals surface area contributed by atoms with E-state index in [4.69, 9.17) is 5.73 Å². The molecular weight excluding hydrogens is 229 g/mol. The molecule has 0 fully saturated rings. The lowest BCUT2D eigenvalue weighted by Crippen LogP contribution is -2.21. The first-order valence-corrected chi connectivity index (χ1v) is 5.41. The van der Waals surface area contributed by atoms with Crippen LogP contribution in [-0.2, 0) is 19.1 Å². The molecule has 1 unspecified atom stereocenters. The zero-order valence-corrected chi connectivity index (χ0v) is 8.96. The molecule has 0 spiro atoms. The van der Waals surface area contributed by atoms with Crippen LogP contribution in [0.3, 0.4) is 0 Å². The van der Waals surface area contributed by atoms with Gasteiger partial charge in [-0.15, -0.1) is 0 Å². The summed E-state index contributed by atoms with van der Waals surface area (Å²) in [6, 6.07) is 6.01. The van der Waals surface area contributed by atoms with Gasteiger partial charge in [0.25, 0.3) is 0 Å². The Labute approximate surface area is 95.8 Å². The average molecular weight is 240 g/mol. The summed E-state index contributed by atoms with van der Waals surface area (Å²) in [6.45, 7) is 0.464. The van der Waals surface area contributed by atoms with E-state index >= 15 is 0 Å². The minimum atomic E-state index is -4.32. The van der Waals surface area contributed by atoms with Gasteiger partial charge in [0, 0.05) is 30.1 Å². The SMILES string of the molecule is NC1Cc2cc3cccc(C(F)(F)F)c3n2C1. The maximum atomic E-state index is 12.9. The molecule has 0 bridgehead atoms. The molecule has 3 rings (SSSR count). The van der Waals surface area contributed by atoms with Crippen LogP contribution in [0.15, 0.2) is 24.3 Å². The smallest absolute Gasteiger partial charge is 0.342 e. The fourth-order valence-corrected chi connectivity index (χ4v) is 2.55. The Hall–Kier alpha value is -1.49. The Morgan fingerprint density at radius 1 is 1.29 bits per heavy atom. The van der Waals surface area contributed by atoms with Crippen LogP contribution >= 0.6 is 0 Å². The van der Waals surface area contributed by atoms with E-state index in [1.54, 1.807) is 16.7 Å². The molecule has 2 aromatic rings. The molecule has 0 saturated heterocycles. The zero-order chi connectivity index (χ0) is 12.2. The van der Waals surface area contributed by atoms with Crippen molar-refractivity contribution in [3.63, 3.8) is 0 Å². The first kappa shape index (κ1) is 10.7. The summed E-state index contributed by atoms with van der Waals surface area (Å²) in [5.41, 5.74) is 6.36. The van der Waals surface area contributed by atoms with E-state index in [0.29, 0.717) is 18.4 Å². The number of aromatic nitrogens is 1. The number of halogens is 3. The van der Waals surface area contributed by atoms with Crippen LogP contribution in [0.2, 0.25) is 0 Å². The predicted molar refractivity (Wildman–Crippen MR) is 58.6 cm³/mol. The van der Waals surface area contributed by atoms with E-state index in [1.165, 1.54) is 6.07 Å². The molecule has 90 valence electrons. The number of nitrogens with two attached hydrogens (primary N) is 1. The predicted octanol–water partition coefficient (Wildman–Crippen LogP) is 2.54. The monoisotopic (exact) mass is 240 g/mol. The molecule has 1 aromatic carbocycles. The number of alkyl halides is 3. The van der Waals surface area contributed by atoms with Crippen molar-refractivity contribution >= 4 is 10.9 Å². The number of nitrogens with zero attached hydrogens (tertiary/aromatic N) is 1. The first-order valence-electron chi connectivity index (χ1n) is 5.41. The highest BCUT2D eigenvalue weighted by Crippen LogP contribution is 2.37. The minimum absolute atomic E-state index is 0.0734. The summed E-state index contributed by atoms with van der Waals surface area (Å²) in [7, 11) is 0. The van der Waals surface area contributed by atoms with E-state index < -0.39 is 11.7 Å². The summed E-state index contributed by atoms with van der Waals surface area (Å²) in [6.07, 6.45) is -3.67. The Bertz CT molecular complexity index is 583. The Morgan fingerprint density at radius 2 is 2.06 bits per heavy atom. The highest BCUT2D eigenvalue weighted by Gasteiger charge is 2.35. The topological polar surface area (TPSA) is 30.9 Å². The van der Waals surface area contributed by atoms with Gasteiger partial charge in [-0.1, -0.05) is 12.1 Å². The van der Waals surface area contributed by atoms with Crippen molar-refractivity contribution in [1.82, 2.24) is 4.57 Å². The van der Waals surface area contributed by atoms with Crippen LogP contribution in [0.25, 0.3) is 10.9 Å². The second kappa shape index (κ2) is 3.26. The van der Waals surface area contributed by atoms with Crippen LogP contribution in [0.1, 0.15) is 11.3 Å². The molecule has 1 atom stereocenters. The van der Waals surface area contributed by atoms with Crippen molar-refractivity contribution in [1.29, 1.82) is 0 Å². The number of para-hydroxylation sites is 1. The molecule has 2 N–H and O–H groups in total. The van der Waals surface area contributed by atoms with Crippen LogP contribution in [-0.4, -0.2) is 10.6 Å². The van der Waals surface area contributed by atoms with Crippen LogP contribution in [0.5, 0.6) is 0 Å². The summed E-state index contributed by atoms with van der Waals surface area (Å²) in [5, 5.41) is 0.640. The molecule has 0 radical (unpaired) electrons. The molecule has 0 saturated carbocycles. The number of hydrogen-bond donors (Lipinski definition) is 1. The van der Waals surface area contributed by atoms with Crippen LogP contribution in [0.4, 0.5) is 13.2 Å². The molecule has 1 aliphatic rings. The summed E-state index contributed by atoms with van der Waals surface area (Å²) >= 11 is 0. The maximum absolute atomic E-state index is 12.9. The zero-order valence-electron chi connectivity index (χ0n) is 8.96. The Balaban J connectivity index is 2.32. The summed E-state index contributed by atoms with van der Waals surface area (Å²) < 4.78 is 40.4. The lowest BCUT2D eigenvalue weighted by atomic mass is 10.1. The highest BCUT2D eigenvalue weighted by atomic mass is 19.4. The van der Waals surface area contributed by atoms with Crippen molar-refractivity contribution in [2.75, 3.05) is 0 Å². The molecule has 1 aliphatic heterocycles. The van der Waals surface area contributed by atoms with Gasteiger partial charge >= 0.3 is 6.18 Å². The van der Waals surface area contributed by atoms with E-state index in [9.17, 15) is 13.2 Å². The van der Waals surface area contributed by atoms with Crippen molar-refractivity contribution in [3.8, 4) is 0 Å². The number of fused-ring (bicyclic) bond motifs is 3. The average Bonchev–Trinajstić information content (AvgIpc) is 2.71. The highest BCUT2D eigenvalue weighted by molar-refractivity contribution is 5.85. The normalized spacial score (nSPS) is 19.9. The number of hydrogen-bond acceptors (Lipinski definition) is 1. The number of rotatable bonds is 0. The van der Waals surface area contributed by atoms with Gasteiger partial charge in [0.2, 0.25) is 0 Å². The van der Waals surface area contributed by atoms with Gasteiger partial charge in [-0.2, -0.15) is 13.2 Å². The van der Waals surface area contributed by atoms with Gasteiger partial charge in [-0.25, -0.2) is 0 Å². The number of benzene rings is 1. The molecule has 2 nitrogen and oxygen atoms in total. The van der Waals surface area contributed by atoms with Crippen LogP contribution < -0.4 is 5.73 Å². The molecule has 0 aliphatic carbocycles. The maximum Gasteiger partial charge on any atom is 0.418 e. The third-order valence-corrected chi connectivity index (χ3v) is 3.20. The molecule has 17 heavy (non-hydrogen) atoms. The molecule has 5 heteroatoms. The minimum Gasteiger partial charge on any atom is -0.342 e. The van der Waals surface area contributed by atoms with Gasteiger partial charge in [0.05, 0.1) is 11.1 Å².